The fraction of sp³-hybridized carbons (Fsp3) is 0.733. The summed E-state index contributed by atoms with van der Waals surface area (Å²) < 4.78 is 13.0. The maximum Gasteiger partial charge on any atom is 0.341 e. The summed E-state index contributed by atoms with van der Waals surface area (Å²) >= 11 is 0. The molecular weight excluding hydrogens is 256 g/mol. The second kappa shape index (κ2) is 5.56. The Kier molecular flexibility index (Phi) is 3.78. The van der Waals surface area contributed by atoms with E-state index in [2.05, 4.69) is 5.10 Å². The molecule has 5 heteroatoms. The van der Waals surface area contributed by atoms with Crippen molar-refractivity contribution >= 4 is 5.97 Å². The van der Waals surface area contributed by atoms with Gasteiger partial charge in [0.05, 0.1) is 36.6 Å². The van der Waals surface area contributed by atoms with Crippen molar-refractivity contribution in [1.82, 2.24) is 9.78 Å². The van der Waals surface area contributed by atoms with Crippen LogP contribution in [-0.4, -0.2) is 34.1 Å². The van der Waals surface area contributed by atoms with Gasteiger partial charge in [0.1, 0.15) is 0 Å². The third-order valence-corrected chi connectivity index (χ3v) is 4.39. The molecule has 20 heavy (non-hydrogen) atoms. The van der Waals surface area contributed by atoms with Crippen LogP contribution < -0.4 is 0 Å². The Morgan fingerprint density at radius 1 is 1.50 bits per heavy atom. The second-order valence-corrected chi connectivity index (χ2v) is 5.84. The van der Waals surface area contributed by atoms with E-state index in [9.17, 15) is 4.79 Å². The molecule has 1 spiro atoms. The van der Waals surface area contributed by atoms with Crippen molar-refractivity contribution in [3.63, 3.8) is 0 Å². The number of aromatic nitrogens is 2. The molecule has 0 radical (unpaired) electrons. The summed E-state index contributed by atoms with van der Waals surface area (Å²) in [7, 11) is 0. The average molecular weight is 278 g/mol. The van der Waals surface area contributed by atoms with Gasteiger partial charge in [-0.1, -0.05) is 12.8 Å². The van der Waals surface area contributed by atoms with Gasteiger partial charge >= 0.3 is 5.97 Å². The first kappa shape index (κ1) is 13.6. The molecule has 3 rings (SSSR count). The standard InChI is InChI=1S/C15H22N2O3/c1-2-19-14(18)12-9-16-17(10-12)11-13-5-8-15(20-13)6-3-4-7-15/h9-10,13H,2-8,11H2,1H3. The summed E-state index contributed by atoms with van der Waals surface area (Å²) in [4.78, 5) is 11.6. The van der Waals surface area contributed by atoms with E-state index in [1.807, 2.05) is 0 Å². The highest BCUT2D eigenvalue weighted by Gasteiger charge is 2.42. The Bertz CT molecular complexity index is 477. The molecule has 1 atom stereocenters. The molecule has 2 aliphatic rings. The number of rotatable bonds is 4. The summed E-state index contributed by atoms with van der Waals surface area (Å²) in [5, 5.41) is 4.23. The highest BCUT2D eigenvalue weighted by molar-refractivity contribution is 5.88. The van der Waals surface area contributed by atoms with Crippen LogP contribution in [0.5, 0.6) is 0 Å². The van der Waals surface area contributed by atoms with E-state index in [4.69, 9.17) is 9.47 Å². The summed E-state index contributed by atoms with van der Waals surface area (Å²) in [5.74, 6) is -0.307. The molecule has 2 fully saturated rings. The van der Waals surface area contributed by atoms with Crippen LogP contribution in [0.25, 0.3) is 0 Å². The second-order valence-electron chi connectivity index (χ2n) is 5.84. The zero-order valence-corrected chi connectivity index (χ0v) is 12.0. The number of nitrogens with zero attached hydrogens (tertiary/aromatic N) is 2. The smallest absolute Gasteiger partial charge is 0.341 e. The molecule has 1 saturated carbocycles. The number of hydrogen-bond acceptors (Lipinski definition) is 4. The summed E-state index contributed by atoms with van der Waals surface area (Å²) in [6.45, 7) is 2.91. The molecule has 1 aromatic heterocycles. The number of esters is 1. The minimum atomic E-state index is -0.307. The molecule has 1 aliphatic carbocycles. The number of hydrogen-bond donors (Lipinski definition) is 0. The van der Waals surface area contributed by atoms with E-state index in [1.54, 1.807) is 24.0 Å². The predicted octanol–water partition coefficient (Wildman–Crippen LogP) is 2.55. The molecule has 5 nitrogen and oxygen atoms in total. The van der Waals surface area contributed by atoms with Crippen LogP contribution in [0.3, 0.4) is 0 Å². The van der Waals surface area contributed by atoms with Gasteiger partial charge in [0, 0.05) is 6.20 Å². The van der Waals surface area contributed by atoms with Crippen molar-refractivity contribution in [2.45, 2.75) is 63.7 Å². The van der Waals surface area contributed by atoms with Crippen molar-refractivity contribution < 1.29 is 14.3 Å². The first-order chi connectivity index (χ1) is 9.71. The number of carbonyl (C=O) groups is 1. The molecule has 1 aliphatic heterocycles. The van der Waals surface area contributed by atoms with Crippen LogP contribution in [-0.2, 0) is 16.0 Å². The Labute approximate surface area is 119 Å². The maximum atomic E-state index is 11.6. The first-order valence-corrected chi connectivity index (χ1v) is 7.58. The number of ether oxygens (including phenoxy) is 2. The lowest BCUT2D eigenvalue weighted by Gasteiger charge is -2.23. The average Bonchev–Trinajstić information content (AvgIpc) is 3.14. The fourth-order valence-electron chi connectivity index (χ4n) is 3.40. The van der Waals surface area contributed by atoms with Gasteiger partial charge in [0.15, 0.2) is 0 Å². The highest BCUT2D eigenvalue weighted by atomic mass is 16.5. The molecule has 1 unspecified atom stereocenters. The van der Waals surface area contributed by atoms with Gasteiger partial charge in [0.2, 0.25) is 0 Å². The zero-order chi connectivity index (χ0) is 14.0. The van der Waals surface area contributed by atoms with Crippen LogP contribution in [0.4, 0.5) is 0 Å². The third kappa shape index (κ3) is 2.73. The van der Waals surface area contributed by atoms with E-state index in [0.29, 0.717) is 12.2 Å². The van der Waals surface area contributed by atoms with Crippen LogP contribution >= 0.6 is 0 Å². The van der Waals surface area contributed by atoms with Crippen LogP contribution in [0.2, 0.25) is 0 Å². The predicted molar refractivity (Wildman–Crippen MR) is 73.5 cm³/mol. The SMILES string of the molecule is CCOC(=O)c1cnn(CC2CCC3(CCCC3)O2)c1. The minimum absolute atomic E-state index is 0.155. The van der Waals surface area contributed by atoms with Crippen molar-refractivity contribution in [2.24, 2.45) is 0 Å². The lowest BCUT2D eigenvalue weighted by molar-refractivity contribution is -0.0429. The maximum absolute atomic E-state index is 11.6. The van der Waals surface area contributed by atoms with Gasteiger partial charge in [-0.2, -0.15) is 5.10 Å². The normalized spacial score (nSPS) is 24.4. The van der Waals surface area contributed by atoms with Crippen molar-refractivity contribution in [3.05, 3.63) is 18.0 Å². The Hall–Kier alpha value is -1.36. The molecule has 0 bridgehead atoms. The zero-order valence-electron chi connectivity index (χ0n) is 12.0. The summed E-state index contributed by atoms with van der Waals surface area (Å²) in [6, 6.07) is 0. The van der Waals surface area contributed by atoms with Gasteiger partial charge in [0.25, 0.3) is 0 Å². The van der Waals surface area contributed by atoms with Crippen LogP contribution in [0, 0.1) is 0 Å². The summed E-state index contributed by atoms with van der Waals surface area (Å²) in [5.41, 5.74) is 0.669. The van der Waals surface area contributed by atoms with E-state index in [-0.39, 0.29) is 17.7 Å². The first-order valence-electron chi connectivity index (χ1n) is 7.58. The molecule has 0 amide bonds. The highest BCUT2D eigenvalue weighted by Crippen LogP contribution is 2.43. The topological polar surface area (TPSA) is 53.3 Å². The largest absolute Gasteiger partial charge is 0.462 e. The molecule has 110 valence electrons. The van der Waals surface area contributed by atoms with Gasteiger partial charge in [-0.25, -0.2) is 4.79 Å². The van der Waals surface area contributed by atoms with Crippen LogP contribution in [0.1, 0.15) is 55.8 Å². The van der Waals surface area contributed by atoms with E-state index in [1.165, 1.54) is 32.1 Å². The molecule has 1 aromatic rings. The molecule has 0 N–H and O–H groups in total. The van der Waals surface area contributed by atoms with Crippen LogP contribution in [0.15, 0.2) is 12.4 Å². The molecular formula is C15H22N2O3. The lowest BCUT2D eigenvalue weighted by Crippen LogP contribution is -2.26. The fourth-order valence-corrected chi connectivity index (χ4v) is 3.40. The third-order valence-electron chi connectivity index (χ3n) is 4.39. The van der Waals surface area contributed by atoms with E-state index >= 15 is 0 Å². The van der Waals surface area contributed by atoms with E-state index < -0.39 is 0 Å². The summed E-state index contributed by atoms with van der Waals surface area (Å²) in [6.07, 6.45) is 10.8. The number of carbonyl (C=O) groups excluding carboxylic acids is 1. The Morgan fingerprint density at radius 2 is 2.30 bits per heavy atom. The van der Waals surface area contributed by atoms with E-state index in [0.717, 1.165) is 13.0 Å². The van der Waals surface area contributed by atoms with Gasteiger partial charge in [-0.3, -0.25) is 4.68 Å². The van der Waals surface area contributed by atoms with Gasteiger partial charge in [-0.05, 0) is 32.6 Å². The van der Waals surface area contributed by atoms with Gasteiger partial charge < -0.3 is 9.47 Å². The minimum Gasteiger partial charge on any atom is -0.462 e. The Balaban J connectivity index is 1.57. The lowest BCUT2D eigenvalue weighted by atomic mass is 9.98. The van der Waals surface area contributed by atoms with Crippen molar-refractivity contribution in [3.8, 4) is 0 Å². The quantitative estimate of drug-likeness (QED) is 0.794. The molecule has 1 saturated heterocycles. The van der Waals surface area contributed by atoms with Gasteiger partial charge in [-0.15, -0.1) is 0 Å². The van der Waals surface area contributed by atoms with Crippen molar-refractivity contribution in [1.29, 1.82) is 0 Å². The molecule has 2 heterocycles. The van der Waals surface area contributed by atoms with Crippen molar-refractivity contribution in [2.75, 3.05) is 6.61 Å². The molecule has 0 aromatic carbocycles. The Morgan fingerprint density at radius 3 is 3.05 bits per heavy atom. The monoisotopic (exact) mass is 278 g/mol.